The molecule has 150 valence electrons. The molecule has 0 unspecified atom stereocenters. The second-order valence-electron chi connectivity index (χ2n) is 5.69. The second-order valence-corrected chi connectivity index (χ2v) is 7.56. The highest BCUT2D eigenvalue weighted by atomic mass is 32.2. The van der Waals surface area contributed by atoms with E-state index in [1.54, 1.807) is 31.2 Å². The number of methoxy groups -OCH3 is 1. The van der Waals surface area contributed by atoms with Crippen LogP contribution in [-0.2, 0) is 24.3 Å². The molecule has 2 aromatic carbocycles. The van der Waals surface area contributed by atoms with E-state index in [0.717, 1.165) is 4.31 Å². The number of ether oxygens (including phenoxy) is 2. The van der Waals surface area contributed by atoms with Crippen LogP contribution in [-0.4, -0.2) is 40.6 Å². The lowest BCUT2D eigenvalue weighted by Gasteiger charge is -2.25. The van der Waals surface area contributed by atoms with Crippen LogP contribution in [0.25, 0.3) is 0 Å². The number of benzene rings is 2. The molecule has 2 aromatic rings. The van der Waals surface area contributed by atoms with Gasteiger partial charge < -0.3 is 14.8 Å². The molecular formula is C19H22N2O6S. The highest BCUT2D eigenvalue weighted by molar-refractivity contribution is 7.92. The van der Waals surface area contributed by atoms with Gasteiger partial charge in [-0.05, 0) is 43.3 Å². The van der Waals surface area contributed by atoms with Gasteiger partial charge in [0, 0.05) is 12.6 Å². The first-order valence-corrected chi connectivity index (χ1v) is 9.92. The van der Waals surface area contributed by atoms with Gasteiger partial charge in [0.1, 0.15) is 12.3 Å². The number of carbonyl (C=O) groups is 2. The van der Waals surface area contributed by atoms with E-state index in [4.69, 9.17) is 4.74 Å². The van der Waals surface area contributed by atoms with Crippen LogP contribution in [0.4, 0.5) is 11.4 Å². The minimum Gasteiger partial charge on any atom is -0.492 e. The first-order chi connectivity index (χ1) is 13.3. The third-order valence-corrected chi connectivity index (χ3v) is 5.47. The SMILES string of the molecule is CCOc1ccccc1N(CC(=O)OC)S(=O)(=O)c1ccc(NC(C)=O)cc1. The molecule has 0 spiro atoms. The van der Waals surface area contributed by atoms with Crippen molar-refractivity contribution in [2.24, 2.45) is 0 Å². The van der Waals surface area contributed by atoms with E-state index in [-0.39, 0.29) is 16.5 Å². The standard InChI is InChI=1S/C19H22N2O6S/c1-4-27-18-8-6-5-7-17(18)21(13-19(23)26-3)28(24,25)16-11-9-15(10-12-16)20-14(2)22/h5-12H,4,13H2,1-3H3,(H,20,22). The number of anilines is 2. The van der Waals surface area contributed by atoms with Crippen LogP contribution in [0.2, 0.25) is 0 Å². The Balaban J connectivity index is 2.50. The molecule has 2 rings (SSSR count). The van der Waals surface area contributed by atoms with Crippen LogP contribution in [0.15, 0.2) is 53.4 Å². The summed E-state index contributed by atoms with van der Waals surface area (Å²) in [6.07, 6.45) is 0. The Hall–Kier alpha value is -3.07. The third kappa shape index (κ3) is 5.01. The monoisotopic (exact) mass is 406 g/mol. The second kappa shape index (κ2) is 9.23. The fourth-order valence-corrected chi connectivity index (χ4v) is 3.88. The average molecular weight is 406 g/mol. The molecule has 0 heterocycles. The molecule has 0 aliphatic carbocycles. The van der Waals surface area contributed by atoms with E-state index in [9.17, 15) is 18.0 Å². The van der Waals surface area contributed by atoms with Crippen molar-refractivity contribution < 1.29 is 27.5 Å². The van der Waals surface area contributed by atoms with E-state index in [1.165, 1.54) is 38.3 Å². The Morgan fingerprint density at radius 2 is 1.71 bits per heavy atom. The number of carbonyl (C=O) groups excluding carboxylic acids is 2. The molecule has 28 heavy (non-hydrogen) atoms. The highest BCUT2D eigenvalue weighted by Crippen LogP contribution is 2.32. The van der Waals surface area contributed by atoms with Crippen molar-refractivity contribution >= 4 is 33.3 Å². The molecule has 0 fully saturated rings. The van der Waals surface area contributed by atoms with Crippen molar-refractivity contribution in [3.05, 3.63) is 48.5 Å². The molecule has 0 aliphatic rings. The lowest BCUT2D eigenvalue weighted by molar-refractivity contribution is -0.138. The minimum absolute atomic E-state index is 0.0446. The van der Waals surface area contributed by atoms with Gasteiger partial charge in [0.15, 0.2) is 0 Å². The zero-order valence-electron chi connectivity index (χ0n) is 15.8. The number of hydrogen-bond acceptors (Lipinski definition) is 6. The molecule has 0 radical (unpaired) electrons. The number of nitrogens with zero attached hydrogens (tertiary/aromatic N) is 1. The number of amides is 1. The predicted octanol–water partition coefficient (Wildman–Crippen LogP) is 2.41. The van der Waals surface area contributed by atoms with Gasteiger partial charge in [0.2, 0.25) is 5.91 Å². The molecule has 0 aromatic heterocycles. The number of para-hydroxylation sites is 2. The Labute approximate surface area is 164 Å². The Kier molecular flexibility index (Phi) is 7.00. The molecule has 0 atom stereocenters. The van der Waals surface area contributed by atoms with Crippen LogP contribution in [0.5, 0.6) is 5.75 Å². The van der Waals surface area contributed by atoms with Gasteiger partial charge in [-0.25, -0.2) is 8.42 Å². The maximum Gasteiger partial charge on any atom is 0.326 e. The maximum absolute atomic E-state index is 13.2. The number of nitrogens with one attached hydrogen (secondary N) is 1. The average Bonchev–Trinajstić information content (AvgIpc) is 2.66. The van der Waals surface area contributed by atoms with Crippen molar-refractivity contribution in [2.75, 3.05) is 29.9 Å². The van der Waals surface area contributed by atoms with Crippen molar-refractivity contribution in [3.8, 4) is 5.75 Å². The van der Waals surface area contributed by atoms with Crippen LogP contribution in [0, 0.1) is 0 Å². The Bertz CT molecular complexity index is 941. The topological polar surface area (TPSA) is 102 Å². The van der Waals surface area contributed by atoms with Crippen molar-refractivity contribution in [1.29, 1.82) is 0 Å². The van der Waals surface area contributed by atoms with Crippen LogP contribution >= 0.6 is 0 Å². The molecule has 1 N–H and O–H groups in total. The van der Waals surface area contributed by atoms with E-state index >= 15 is 0 Å². The lowest BCUT2D eigenvalue weighted by Crippen LogP contribution is -2.36. The quantitative estimate of drug-likeness (QED) is 0.676. The first kappa shape index (κ1) is 21.2. The van der Waals surface area contributed by atoms with Crippen LogP contribution < -0.4 is 14.4 Å². The first-order valence-electron chi connectivity index (χ1n) is 8.48. The van der Waals surface area contributed by atoms with Crippen LogP contribution in [0.1, 0.15) is 13.8 Å². The van der Waals surface area contributed by atoms with Gasteiger partial charge in [-0.3, -0.25) is 13.9 Å². The van der Waals surface area contributed by atoms with Gasteiger partial charge in [0.25, 0.3) is 10.0 Å². The summed E-state index contributed by atoms with van der Waals surface area (Å²) in [6, 6.07) is 12.2. The molecule has 0 bridgehead atoms. The van der Waals surface area contributed by atoms with E-state index < -0.39 is 22.5 Å². The highest BCUT2D eigenvalue weighted by Gasteiger charge is 2.29. The van der Waals surface area contributed by atoms with Gasteiger partial charge >= 0.3 is 5.97 Å². The summed E-state index contributed by atoms with van der Waals surface area (Å²) < 4.78 is 37.6. The smallest absolute Gasteiger partial charge is 0.326 e. The summed E-state index contributed by atoms with van der Waals surface area (Å²) in [5, 5.41) is 2.57. The summed E-state index contributed by atoms with van der Waals surface area (Å²) in [5.41, 5.74) is 0.682. The predicted molar refractivity (Wildman–Crippen MR) is 105 cm³/mol. The zero-order valence-corrected chi connectivity index (χ0v) is 16.7. The lowest BCUT2D eigenvalue weighted by atomic mass is 10.3. The summed E-state index contributed by atoms with van der Waals surface area (Å²) in [5.74, 6) is -0.661. The number of esters is 1. The van der Waals surface area contributed by atoms with Gasteiger partial charge in [-0.1, -0.05) is 12.1 Å². The van der Waals surface area contributed by atoms with E-state index in [2.05, 4.69) is 10.1 Å². The molecule has 0 aliphatic heterocycles. The molecule has 0 saturated heterocycles. The van der Waals surface area contributed by atoms with Crippen molar-refractivity contribution in [3.63, 3.8) is 0 Å². The normalized spacial score (nSPS) is 10.8. The fraction of sp³-hybridized carbons (Fsp3) is 0.263. The van der Waals surface area contributed by atoms with E-state index in [1.807, 2.05) is 0 Å². The summed E-state index contributed by atoms with van der Waals surface area (Å²) in [4.78, 5) is 23.0. The Morgan fingerprint density at radius 1 is 1.07 bits per heavy atom. The van der Waals surface area contributed by atoms with Crippen molar-refractivity contribution in [2.45, 2.75) is 18.7 Å². The molecular weight excluding hydrogens is 384 g/mol. The maximum atomic E-state index is 13.2. The number of sulfonamides is 1. The third-order valence-electron chi connectivity index (χ3n) is 3.70. The molecule has 9 heteroatoms. The number of rotatable bonds is 8. The summed E-state index contributed by atoms with van der Waals surface area (Å²) in [6.45, 7) is 2.94. The van der Waals surface area contributed by atoms with Crippen molar-refractivity contribution in [1.82, 2.24) is 0 Å². The van der Waals surface area contributed by atoms with E-state index in [0.29, 0.717) is 18.0 Å². The molecule has 8 nitrogen and oxygen atoms in total. The summed E-state index contributed by atoms with van der Waals surface area (Å²) >= 11 is 0. The van der Waals surface area contributed by atoms with Crippen LogP contribution in [0.3, 0.4) is 0 Å². The van der Waals surface area contributed by atoms with Gasteiger partial charge in [-0.2, -0.15) is 0 Å². The fourth-order valence-electron chi connectivity index (χ4n) is 2.46. The van der Waals surface area contributed by atoms with Gasteiger partial charge in [-0.15, -0.1) is 0 Å². The number of hydrogen-bond donors (Lipinski definition) is 1. The van der Waals surface area contributed by atoms with Gasteiger partial charge in [0.05, 0.1) is 24.3 Å². The zero-order chi connectivity index (χ0) is 20.7. The molecule has 1 amide bonds. The largest absolute Gasteiger partial charge is 0.492 e. The summed E-state index contributed by atoms with van der Waals surface area (Å²) in [7, 11) is -2.92. The molecule has 0 saturated carbocycles. The minimum atomic E-state index is -4.11. The Morgan fingerprint density at radius 3 is 2.29 bits per heavy atom.